The van der Waals surface area contributed by atoms with Crippen LogP contribution in [0.15, 0.2) is 48.5 Å². The molecule has 0 aliphatic rings. The van der Waals surface area contributed by atoms with Crippen LogP contribution in [0.5, 0.6) is 5.75 Å². The van der Waals surface area contributed by atoms with Crippen LogP contribution in [0.2, 0.25) is 0 Å². The van der Waals surface area contributed by atoms with Gasteiger partial charge in [0.25, 0.3) is 0 Å². The number of hydrogen-bond acceptors (Lipinski definition) is 3. The van der Waals surface area contributed by atoms with Gasteiger partial charge in [0, 0.05) is 18.7 Å². The molecule has 0 aliphatic carbocycles. The number of ether oxygens (including phenoxy) is 1. The molecule has 23 heavy (non-hydrogen) atoms. The van der Waals surface area contributed by atoms with Gasteiger partial charge in [-0.05, 0) is 37.6 Å². The predicted octanol–water partition coefficient (Wildman–Crippen LogP) is 3.95. The Morgan fingerprint density at radius 1 is 1.13 bits per heavy atom. The van der Waals surface area contributed by atoms with E-state index in [9.17, 15) is 5.11 Å². The summed E-state index contributed by atoms with van der Waals surface area (Å²) in [6, 6.07) is 16.4. The zero-order valence-electron chi connectivity index (χ0n) is 14.3. The van der Waals surface area contributed by atoms with E-state index in [1.807, 2.05) is 31.2 Å². The summed E-state index contributed by atoms with van der Waals surface area (Å²) in [6.45, 7) is 6.91. The standard InChI is InChI=1S/C20H27NO2/c1-4-21(15-17-8-6-5-7-9-17)13-12-19(22)18-14-16(2)10-11-20(18)23-3/h5-11,14,19,22H,4,12-13,15H2,1-3H3. The third-order valence-corrected chi connectivity index (χ3v) is 4.16. The Morgan fingerprint density at radius 2 is 1.87 bits per heavy atom. The van der Waals surface area contributed by atoms with Crippen LogP contribution in [0.25, 0.3) is 0 Å². The highest BCUT2D eigenvalue weighted by Crippen LogP contribution is 2.28. The van der Waals surface area contributed by atoms with Crippen molar-refractivity contribution in [2.24, 2.45) is 0 Å². The molecule has 0 heterocycles. The zero-order chi connectivity index (χ0) is 16.7. The minimum Gasteiger partial charge on any atom is -0.496 e. The molecule has 3 heteroatoms. The largest absolute Gasteiger partial charge is 0.496 e. The van der Waals surface area contributed by atoms with Gasteiger partial charge in [0.15, 0.2) is 0 Å². The molecule has 0 saturated heterocycles. The smallest absolute Gasteiger partial charge is 0.124 e. The number of aliphatic hydroxyl groups excluding tert-OH is 1. The summed E-state index contributed by atoms with van der Waals surface area (Å²) in [5.74, 6) is 0.759. The molecular formula is C20H27NO2. The van der Waals surface area contributed by atoms with E-state index in [1.54, 1.807) is 7.11 Å². The number of rotatable bonds is 8. The van der Waals surface area contributed by atoms with Crippen molar-refractivity contribution in [1.82, 2.24) is 4.90 Å². The van der Waals surface area contributed by atoms with Gasteiger partial charge in [-0.25, -0.2) is 0 Å². The van der Waals surface area contributed by atoms with E-state index in [2.05, 4.69) is 36.1 Å². The summed E-state index contributed by atoms with van der Waals surface area (Å²) in [7, 11) is 1.65. The molecule has 0 radical (unpaired) electrons. The van der Waals surface area contributed by atoms with Crippen molar-refractivity contribution in [3.05, 3.63) is 65.2 Å². The van der Waals surface area contributed by atoms with E-state index in [0.29, 0.717) is 6.42 Å². The molecule has 0 spiro atoms. The fraction of sp³-hybridized carbons (Fsp3) is 0.400. The Bertz CT molecular complexity index is 598. The summed E-state index contributed by atoms with van der Waals surface area (Å²) in [5, 5.41) is 10.6. The molecule has 1 atom stereocenters. The Labute approximate surface area is 139 Å². The summed E-state index contributed by atoms with van der Waals surface area (Å²) in [6.07, 6.45) is 0.190. The van der Waals surface area contributed by atoms with E-state index in [1.165, 1.54) is 5.56 Å². The average Bonchev–Trinajstić information content (AvgIpc) is 2.59. The maximum Gasteiger partial charge on any atom is 0.124 e. The van der Waals surface area contributed by atoms with E-state index in [-0.39, 0.29) is 0 Å². The second-order valence-corrected chi connectivity index (χ2v) is 5.90. The second kappa shape index (κ2) is 8.70. The third-order valence-electron chi connectivity index (χ3n) is 4.16. The number of hydrogen-bond donors (Lipinski definition) is 1. The molecule has 2 rings (SSSR count). The maximum atomic E-state index is 10.6. The lowest BCUT2D eigenvalue weighted by Crippen LogP contribution is -2.25. The van der Waals surface area contributed by atoms with Gasteiger partial charge in [0.2, 0.25) is 0 Å². The van der Waals surface area contributed by atoms with Crippen LogP contribution in [0, 0.1) is 6.92 Å². The van der Waals surface area contributed by atoms with E-state index >= 15 is 0 Å². The van der Waals surface area contributed by atoms with Crippen LogP contribution in [0.1, 0.15) is 36.1 Å². The molecule has 0 bridgehead atoms. The van der Waals surface area contributed by atoms with Gasteiger partial charge in [-0.15, -0.1) is 0 Å². The molecule has 0 amide bonds. The average molecular weight is 313 g/mol. The maximum absolute atomic E-state index is 10.6. The lowest BCUT2D eigenvalue weighted by atomic mass is 10.0. The third kappa shape index (κ3) is 5.08. The first-order chi connectivity index (χ1) is 11.1. The van der Waals surface area contributed by atoms with Gasteiger partial charge >= 0.3 is 0 Å². The summed E-state index contributed by atoms with van der Waals surface area (Å²) in [5.41, 5.74) is 3.32. The number of methoxy groups -OCH3 is 1. The summed E-state index contributed by atoms with van der Waals surface area (Å²) < 4.78 is 5.38. The minimum atomic E-state index is -0.505. The summed E-state index contributed by atoms with van der Waals surface area (Å²) >= 11 is 0. The first-order valence-corrected chi connectivity index (χ1v) is 8.23. The Hall–Kier alpha value is -1.84. The number of nitrogens with zero attached hydrogens (tertiary/aromatic N) is 1. The van der Waals surface area contributed by atoms with Crippen molar-refractivity contribution in [1.29, 1.82) is 0 Å². The molecule has 1 unspecified atom stereocenters. The van der Waals surface area contributed by atoms with Crippen LogP contribution in [-0.2, 0) is 6.54 Å². The monoisotopic (exact) mass is 313 g/mol. The number of aryl methyl sites for hydroxylation is 1. The van der Waals surface area contributed by atoms with Gasteiger partial charge in [-0.1, -0.05) is 48.9 Å². The molecule has 2 aromatic rings. The predicted molar refractivity (Wildman–Crippen MR) is 94.7 cm³/mol. The van der Waals surface area contributed by atoms with E-state index < -0.39 is 6.10 Å². The van der Waals surface area contributed by atoms with Gasteiger partial charge in [0.05, 0.1) is 13.2 Å². The molecule has 0 aromatic heterocycles. The Kier molecular flexibility index (Phi) is 6.63. The lowest BCUT2D eigenvalue weighted by molar-refractivity contribution is 0.138. The fourth-order valence-electron chi connectivity index (χ4n) is 2.77. The van der Waals surface area contributed by atoms with Crippen LogP contribution in [0.3, 0.4) is 0 Å². The molecule has 124 valence electrons. The van der Waals surface area contributed by atoms with Crippen molar-refractivity contribution >= 4 is 0 Å². The van der Waals surface area contributed by atoms with Gasteiger partial charge < -0.3 is 9.84 Å². The molecule has 0 fully saturated rings. The van der Waals surface area contributed by atoms with Crippen molar-refractivity contribution in [3.63, 3.8) is 0 Å². The van der Waals surface area contributed by atoms with Gasteiger partial charge in [-0.3, -0.25) is 4.90 Å². The molecule has 1 N–H and O–H groups in total. The van der Waals surface area contributed by atoms with Crippen LogP contribution >= 0.6 is 0 Å². The Morgan fingerprint density at radius 3 is 2.52 bits per heavy atom. The normalized spacial score (nSPS) is 12.4. The van der Waals surface area contributed by atoms with E-state index in [4.69, 9.17) is 4.74 Å². The molecular weight excluding hydrogens is 286 g/mol. The zero-order valence-corrected chi connectivity index (χ0v) is 14.3. The first kappa shape index (κ1) is 17.5. The van der Waals surface area contributed by atoms with Crippen molar-refractivity contribution < 1.29 is 9.84 Å². The van der Waals surface area contributed by atoms with Crippen molar-refractivity contribution in [2.45, 2.75) is 32.9 Å². The van der Waals surface area contributed by atoms with Crippen LogP contribution in [0.4, 0.5) is 0 Å². The van der Waals surface area contributed by atoms with Crippen LogP contribution < -0.4 is 4.74 Å². The lowest BCUT2D eigenvalue weighted by Gasteiger charge is -2.23. The molecule has 0 saturated carbocycles. The molecule has 2 aromatic carbocycles. The van der Waals surface area contributed by atoms with Gasteiger partial charge in [-0.2, -0.15) is 0 Å². The first-order valence-electron chi connectivity index (χ1n) is 8.23. The number of aliphatic hydroxyl groups is 1. The summed E-state index contributed by atoms with van der Waals surface area (Å²) in [4.78, 5) is 2.35. The second-order valence-electron chi connectivity index (χ2n) is 5.90. The quantitative estimate of drug-likeness (QED) is 0.801. The highest BCUT2D eigenvalue weighted by Gasteiger charge is 2.15. The highest BCUT2D eigenvalue weighted by molar-refractivity contribution is 5.38. The van der Waals surface area contributed by atoms with Crippen molar-refractivity contribution in [3.8, 4) is 5.75 Å². The SMILES string of the molecule is CCN(CCC(O)c1cc(C)ccc1OC)Cc1ccccc1. The number of benzene rings is 2. The van der Waals surface area contributed by atoms with Gasteiger partial charge in [0.1, 0.15) is 5.75 Å². The minimum absolute atomic E-state index is 0.505. The van der Waals surface area contributed by atoms with Crippen molar-refractivity contribution in [2.75, 3.05) is 20.2 Å². The van der Waals surface area contributed by atoms with E-state index in [0.717, 1.165) is 36.5 Å². The van der Waals surface area contributed by atoms with Crippen LogP contribution in [-0.4, -0.2) is 30.2 Å². The Balaban J connectivity index is 1.97. The topological polar surface area (TPSA) is 32.7 Å². The fourth-order valence-corrected chi connectivity index (χ4v) is 2.77. The molecule has 3 nitrogen and oxygen atoms in total. The molecule has 0 aliphatic heterocycles. The highest BCUT2D eigenvalue weighted by atomic mass is 16.5.